The van der Waals surface area contributed by atoms with Gasteiger partial charge in [0, 0.05) is 19.0 Å². The molecule has 0 aliphatic heterocycles. The van der Waals surface area contributed by atoms with E-state index in [1.165, 1.54) is 4.57 Å². The number of H-pyrrole nitrogens is 1. The van der Waals surface area contributed by atoms with E-state index in [9.17, 15) is 27.6 Å². The molecule has 1 amide bonds. The number of carbonyl (C=O) groups is 1. The molecule has 0 radical (unpaired) electrons. The molecule has 0 saturated heterocycles. The third-order valence-corrected chi connectivity index (χ3v) is 4.97. The molecule has 0 unspecified atom stereocenters. The summed E-state index contributed by atoms with van der Waals surface area (Å²) < 4.78 is 39.9. The van der Waals surface area contributed by atoms with Gasteiger partial charge in [0.25, 0.3) is 5.56 Å². The number of hydrogen-bond acceptors (Lipinski definition) is 3. The second-order valence-electron chi connectivity index (χ2n) is 6.85. The average molecular weight is 383 g/mol. The van der Waals surface area contributed by atoms with Crippen molar-refractivity contribution in [2.75, 3.05) is 0 Å². The van der Waals surface area contributed by atoms with E-state index in [4.69, 9.17) is 0 Å². The summed E-state index contributed by atoms with van der Waals surface area (Å²) >= 11 is 0. The highest BCUT2D eigenvalue weighted by molar-refractivity contribution is 5.79. The molecular weight excluding hydrogens is 363 g/mol. The molecule has 146 valence electrons. The number of aromatic nitrogens is 2. The first-order chi connectivity index (χ1) is 12.8. The number of aromatic amines is 1. The normalized spacial score (nSPS) is 20.6. The highest BCUT2D eigenvalue weighted by atomic mass is 19.4. The highest BCUT2D eigenvalue weighted by Crippen LogP contribution is 2.37. The van der Waals surface area contributed by atoms with E-state index in [0.717, 1.165) is 0 Å². The van der Waals surface area contributed by atoms with Crippen LogP contribution in [-0.4, -0.2) is 27.7 Å². The number of amides is 1. The van der Waals surface area contributed by atoms with Crippen LogP contribution in [-0.2, 0) is 11.3 Å². The monoisotopic (exact) mass is 383 g/mol. The molecular formula is C18H20F3N3O3. The molecule has 6 nitrogen and oxygen atoms in total. The molecule has 27 heavy (non-hydrogen) atoms. The Morgan fingerprint density at radius 1 is 1.22 bits per heavy atom. The largest absolute Gasteiger partial charge is 0.391 e. The minimum atomic E-state index is -4.24. The molecule has 1 aliphatic rings. The van der Waals surface area contributed by atoms with E-state index >= 15 is 0 Å². The van der Waals surface area contributed by atoms with Gasteiger partial charge in [-0.2, -0.15) is 13.2 Å². The van der Waals surface area contributed by atoms with Crippen molar-refractivity contribution in [1.29, 1.82) is 0 Å². The Labute approximate surface area is 152 Å². The second kappa shape index (κ2) is 7.58. The highest BCUT2D eigenvalue weighted by Gasteiger charge is 2.42. The number of rotatable bonds is 4. The molecule has 9 heteroatoms. The summed E-state index contributed by atoms with van der Waals surface area (Å²) in [5.74, 6) is -1.80. The maximum Gasteiger partial charge on any atom is 0.391 e. The fourth-order valence-electron chi connectivity index (χ4n) is 3.60. The summed E-state index contributed by atoms with van der Waals surface area (Å²) in [7, 11) is 0. The van der Waals surface area contributed by atoms with Gasteiger partial charge in [-0.15, -0.1) is 0 Å². The van der Waals surface area contributed by atoms with Gasteiger partial charge in [0.15, 0.2) is 0 Å². The van der Waals surface area contributed by atoms with Crippen LogP contribution in [0.15, 0.2) is 33.9 Å². The first-order valence-corrected chi connectivity index (χ1v) is 8.83. The number of fused-ring (bicyclic) bond motifs is 1. The zero-order chi connectivity index (χ0) is 19.6. The SMILES string of the molecule is O=C(CCn1c(=O)[nH]c(=O)c2ccccc21)N[C@H]1CCC[C@@H](C(F)(F)F)C1. The van der Waals surface area contributed by atoms with E-state index in [-0.39, 0.29) is 25.8 Å². The minimum absolute atomic E-state index is 0.0252. The number of aryl methyl sites for hydroxylation is 1. The van der Waals surface area contributed by atoms with Gasteiger partial charge in [-0.25, -0.2) is 4.79 Å². The van der Waals surface area contributed by atoms with Crippen molar-refractivity contribution in [1.82, 2.24) is 14.9 Å². The van der Waals surface area contributed by atoms with Gasteiger partial charge < -0.3 is 5.32 Å². The van der Waals surface area contributed by atoms with Crippen molar-refractivity contribution < 1.29 is 18.0 Å². The molecule has 2 atom stereocenters. The van der Waals surface area contributed by atoms with E-state index in [1.807, 2.05) is 0 Å². The fourth-order valence-corrected chi connectivity index (χ4v) is 3.60. The number of benzene rings is 1. The van der Waals surface area contributed by atoms with Gasteiger partial charge in [0.05, 0.1) is 16.8 Å². The third-order valence-electron chi connectivity index (χ3n) is 4.97. The molecule has 0 bridgehead atoms. The lowest BCUT2D eigenvalue weighted by molar-refractivity contribution is -0.184. The number of halogens is 3. The molecule has 1 aromatic heterocycles. The Kier molecular flexibility index (Phi) is 5.38. The number of nitrogens with one attached hydrogen (secondary N) is 2. The molecule has 2 aromatic rings. The average Bonchev–Trinajstić information content (AvgIpc) is 2.61. The molecule has 1 fully saturated rings. The summed E-state index contributed by atoms with van der Waals surface area (Å²) in [6.45, 7) is 0.0252. The summed E-state index contributed by atoms with van der Waals surface area (Å²) in [6, 6.07) is 6.01. The smallest absolute Gasteiger partial charge is 0.353 e. The van der Waals surface area contributed by atoms with Crippen LogP contribution in [0.4, 0.5) is 13.2 Å². The van der Waals surface area contributed by atoms with Crippen molar-refractivity contribution in [3.05, 3.63) is 45.1 Å². The van der Waals surface area contributed by atoms with Crippen LogP contribution < -0.4 is 16.6 Å². The van der Waals surface area contributed by atoms with E-state index in [0.29, 0.717) is 23.7 Å². The van der Waals surface area contributed by atoms with E-state index in [2.05, 4.69) is 10.3 Å². The maximum atomic E-state index is 12.9. The van der Waals surface area contributed by atoms with Crippen molar-refractivity contribution in [3.8, 4) is 0 Å². The quantitative estimate of drug-likeness (QED) is 0.850. The third kappa shape index (κ3) is 4.40. The van der Waals surface area contributed by atoms with Crippen LogP contribution >= 0.6 is 0 Å². The van der Waals surface area contributed by atoms with Crippen LogP contribution in [0.25, 0.3) is 10.9 Å². The topological polar surface area (TPSA) is 84.0 Å². The van der Waals surface area contributed by atoms with Crippen molar-refractivity contribution in [2.45, 2.75) is 50.9 Å². The Hall–Kier alpha value is -2.58. The predicted molar refractivity (Wildman–Crippen MR) is 93.4 cm³/mol. The fraction of sp³-hybridized carbons (Fsp3) is 0.500. The lowest BCUT2D eigenvalue weighted by Crippen LogP contribution is -2.42. The van der Waals surface area contributed by atoms with Gasteiger partial charge in [-0.3, -0.25) is 19.1 Å². The van der Waals surface area contributed by atoms with Crippen molar-refractivity contribution in [3.63, 3.8) is 0 Å². The molecule has 1 heterocycles. The van der Waals surface area contributed by atoms with Gasteiger partial charge >= 0.3 is 11.9 Å². The number of nitrogens with zero attached hydrogens (tertiary/aromatic N) is 1. The lowest BCUT2D eigenvalue weighted by Gasteiger charge is -2.31. The molecule has 1 saturated carbocycles. The Balaban J connectivity index is 1.66. The summed E-state index contributed by atoms with van der Waals surface area (Å²) in [6.07, 6.45) is -3.40. The van der Waals surface area contributed by atoms with Crippen LogP contribution in [0.2, 0.25) is 0 Å². The number of para-hydroxylation sites is 1. The van der Waals surface area contributed by atoms with Crippen LogP contribution in [0.3, 0.4) is 0 Å². The van der Waals surface area contributed by atoms with E-state index in [1.54, 1.807) is 24.3 Å². The molecule has 3 rings (SSSR count). The Bertz CT molecular complexity index is 948. The van der Waals surface area contributed by atoms with Gasteiger partial charge in [0.2, 0.25) is 5.91 Å². The van der Waals surface area contributed by atoms with Crippen LogP contribution in [0.1, 0.15) is 32.1 Å². The maximum absolute atomic E-state index is 12.9. The molecule has 2 N–H and O–H groups in total. The van der Waals surface area contributed by atoms with Gasteiger partial charge in [0.1, 0.15) is 0 Å². The predicted octanol–water partition coefficient (Wildman–Crippen LogP) is 2.32. The summed E-state index contributed by atoms with van der Waals surface area (Å²) in [5.41, 5.74) is -0.716. The number of alkyl halides is 3. The second-order valence-corrected chi connectivity index (χ2v) is 6.85. The lowest BCUT2D eigenvalue weighted by atomic mass is 9.85. The first-order valence-electron chi connectivity index (χ1n) is 8.83. The zero-order valence-corrected chi connectivity index (χ0v) is 14.5. The molecule has 1 aliphatic carbocycles. The van der Waals surface area contributed by atoms with Gasteiger partial charge in [-0.05, 0) is 31.4 Å². The first kappa shape index (κ1) is 19.2. The van der Waals surface area contributed by atoms with E-state index < -0.39 is 35.3 Å². The summed E-state index contributed by atoms with van der Waals surface area (Å²) in [4.78, 5) is 38.3. The molecule has 0 spiro atoms. The standard InChI is InChI=1S/C18H20F3N3O3/c19-18(20,21)11-4-3-5-12(10-11)22-15(25)8-9-24-14-7-2-1-6-13(14)16(26)23-17(24)27/h1-2,6-7,11-12H,3-5,8-10H2,(H,22,25)(H,23,26,27)/t11-,12+/m1/s1. The number of hydrogen-bond donors (Lipinski definition) is 2. The van der Waals surface area contributed by atoms with Crippen molar-refractivity contribution in [2.24, 2.45) is 5.92 Å². The van der Waals surface area contributed by atoms with Crippen LogP contribution in [0.5, 0.6) is 0 Å². The summed E-state index contributed by atoms with van der Waals surface area (Å²) in [5, 5.41) is 2.98. The molecule has 1 aromatic carbocycles. The van der Waals surface area contributed by atoms with Gasteiger partial charge in [-0.1, -0.05) is 18.6 Å². The number of carbonyl (C=O) groups excluding carboxylic acids is 1. The zero-order valence-electron chi connectivity index (χ0n) is 14.5. The minimum Gasteiger partial charge on any atom is -0.353 e. The van der Waals surface area contributed by atoms with Crippen molar-refractivity contribution >= 4 is 16.8 Å². The Morgan fingerprint density at radius 2 is 1.96 bits per heavy atom. The Morgan fingerprint density at radius 3 is 2.70 bits per heavy atom. The van der Waals surface area contributed by atoms with Crippen LogP contribution in [0, 0.1) is 5.92 Å².